The van der Waals surface area contributed by atoms with E-state index >= 15 is 0 Å². The van der Waals surface area contributed by atoms with E-state index in [4.69, 9.17) is 0 Å². The van der Waals surface area contributed by atoms with Crippen molar-refractivity contribution in [1.82, 2.24) is 4.90 Å². The largest absolute Gasteiger partial charge is 0.319 e. The van der Waals surface area contributed by atoms with Gasteiger partial charge in [0.15, 0.2) is 0 Å². The SMILES string of the molecule is CCCCCCCC(=O)N1C=CCC1. The third kappa shape index (κ3) is 3.95. The highest BCUT2D eigenvalue weighted by molar-refractivity contribution is 5.77. The number of amides is 1. The van der Waals surface area contributed by atoms with Crippen molar-refractivity contribution in [3.05, 3.63) is 12.3 Å². The van der Waals surface area contributed by atoms with E-state index in [0.29, 0.717) is 5.91 Å². The Labute approximate surface area is 87.0 Å². The average molecular weight is 195 g/mol. The normalized spacial score (nSPS) is 15.1. The third-order valence-electron chi connectivity index (χ3n) is 2.64. The monoisotopic (exact) mass is 195 g/mol. The molecular formula is C12H21NO. The maximum absolute atomic E-state index is 11.6. The summed E-state index contributed by atoms with van der Waals surface area (Å²) in [5.74, 6) is 0.301. The van der Waals surface area contributed by atoms with Gasteiger partial charge >= 0.3 is 0 Å². The van der Waals surface area contributed by atoms with E-state index in [9.17, 15) is 4.79 Å². The average Bonchev–Trinajstić information content (AvgIpc) is 2.70. The number of carbonyl (C=O) groups excluding carboxylic acids is 1. The topological polar surface area (TPSA) is 20.3 Å². The van der Waals surface area contributed by atoms with Crippen LogP contribution in [0.5, 0.6) is 0 Å². The predicted octanol–water partition coefficient (Wildman–Crippen LogP) is 3.09. The summed E-state index contributed by atoms with van der Waals surface area (Å²) in [5, 5.41) is 0. The highest BCUT2D eigenvalue weighted by Gasteiger charge is 2.12. The van der Waals surface area contributed by atoms with E-state index < -0.39 is 0 Å². The van der Waals surface area contributed by atoms with Gasteiger partial charge < -0.3 is 4.90 Å². The molecule has 0 aromatic rings. The van der Waals surface area contributed by atoms with Gasteiger partial charge in [-0.05, 0) is 12.8 Å². The number of carbonyl (C=O) groups is 1. The lowest BCUT2D eigenvalue weighted by atomic mass is 10.1. The standard InChI is InChI=1S/C12H21NO/c1-2-3-4-5-6-9-12(14)13-10-7-8-11-13/h7,10H,2-6,8-9,11H2,1H3. The molecule has 1 heterocycles. The Kier molecular flexibility index (Phi) is 5.35. The highest BCUT2D eigenvalue weighted by atomic mass is 16.2. The van der Waals surface area contributed by atoms with Crippen molar-refractivity contribution in [3.8, 4) is 0 Å². The van der Waals surface area contributed by atoms with Gasteiger partial charge in [-0.2, -0.15) is 0 Å². The summed E-state index contributed by atoms with van der Waals surface area (Å²) in [6.07, 6.45) is 11.9. The Morgan fingerprint density at radius 3 is 2.71 bits per heavy atom. The van der Waals surface area contributed by atoms with Crippen LogP contribution in [0.4, 0.5) is 0 Å². The Hall–Kier alpha value is -0.790. The molecule has 1 rings (SSSR count). The molecule has 0 atom stereocenters. The van der Waals surface area contributed by atoms with Crippen LogP contribution in [0.3, 0.4) is 0 Å². The minimum Gasteiger partial charge on any atom is -0.319 e. The quantitative estimate of drug-likeness (QED) is 0.596. The van der Waals surface area contributed by atoms with Crippen LogP contribution < -0.4 is 0 Å². The maximum atomic E-state index is 11.6. The predicted molar refractivity (Wildman–Crippen MR) is 58.8 cm³/mol. The summed E-state index contributed by atoms with van der Waals surface area (Å²) in [4.78, 5) is 13.4. The molecule has 2 nitrogen and oxygen atoms in total. The molecule has 14 heavy (non-hydrogen) atoms. The number of hydrogen-bond acceptors (Lipinski definition) is 1. The van der Waals surface area contributed by atoms with E-state index in [-0.39, 0.29) is 0 Å². The summed E-state index contributed by atoms with van der Waals surface area (Å²) >= 11 is 0. The fraction of sp³-hybridized carbons (Fsp3) is 0.750. The van der Waals surface area contributed by atoms with Crippen LogP contribution in [0.1, 0.15) is 51.9 Å². The summed E-state index contributed by atoms with van der Waals surface area (Å²) in [6, 6.07) is 0. The molecule has 1 aliphatic rings. The van der Waals surface area contributed by atoms with Gasteiger partial charge in [0.05, 0.1) is 0 Å². The molecule has 1 amide bonds. The van der Waals surface area contributed by atoms with Crippen LogP contribution in [0.25, 0.3) is 0 Å². The summed E-state index contributed by atoms with van der Waals surface area (Å²) in [5.41, 5.74) is 0. The van der Waals surface area contributed by atoms with Crippen LogP contribution in [0.15, 0.2) is 12.3 Å². The molecule has 0 bridgehead atoms. The Balaban J connectivity index is 2.00. The molecule has 0 unspecified atom stereocenters. The van der Waals surface area contributed by atoms with E-state index in [1.54, 1.807) is 0 Å². The Morgan fingerprint density at radius 1 is 1.29 bits per heavy atom. The second-order valence-corrected chi connectivity index (χ2v) is 3.92. The first-order chi connectivity index (χ1) is 6.84. The fourth-order valence-electron chi connectivity index (χ4n) is 1.72. The second-order valence-electron chi connectivity index (χ2n) is 3.92. The van der Waals surface area contributed by atoms with Crippen molar-refractivity contribution in [3.63, 3.8) is 0 Å². The molecule has 0 aliphatic carbocycles. The molecule has 0 spiro atoms. The lowest BCUT2D eigenvalue weighted by Crippen LogP contribution is -2.23. The zero-order chi connectivity index (χ0) is 10.2. The van der Waals surface area contributed by atoms with Crippen molar-refractivity contribution in [1.29, 1.82) is 0 Å². The number of hydrogen-bond donors (Lipinski definition) is 0. The van der Waals surface area contributed by atoms with Crippen LogP contribution in [0, 0.1) is 0 Å². The first kappa shape index (κ1) is 11.3. The summed E-state index contributed by atoms with van der Waals surface area (Å²) < 4.78 is 0. The summed E-state index contributed by atoms with van der Waals surface area (Å²) in [7, 11) is 0. The molecule has 0 fully saturated rings. The molecule has 0 saturated heterocycles. The molecule has 2 heteroatoms. The van der Waals surface area contributed by atoms with Gasteiger partial charge in [0.2, 0.25) is 5.91 Å². The Bertz CT molecular complexity index is 198. The van der Waals surface area contributed by atoms with Crippen molar-refractivity contribution >= 4 is 5.91 Å². The molecule has 80 valence electrons. The minimum atomic E-state index is 0.301. The van der Waals surface area contributed by atoms with E-state index in [1.807, 2.05) is 11.1 Å². The van der Waals surface area contributed by atoms with Crippen LogP contribution >= 0.6 is 0 Å². The number of rotatable bonds is 6. The van der Waals surface area contributed by atoms with Gasteiger partial charge in [0.25, 0.3) is 0 Å². The van der Waals surface area contributed by atoms with Crippen molar-refractivity contribution in [2.75, 3.05) is 6.54 Å². The molecule has 0 N–H and O–H groups in total. The van der Waals surface area contributed by atoms with Crippen molar-refractivity contribution < 1.29 is 4.79 Å². The van der Waals surface area contributed by atoms with Crippen LogP contribution in [0.2, 0.25) is 0 Å². The molecule has 0 saturated carbocycles. The molecule has 0 aromatic heterocycles. The highest BCUT2D eigenvalue weighted by Crippen LogP contribution is 2.10. The first-order valence-corrected chi connectivity index (χ1v) is 5.80. The van der Waals surface area contributed by atoms with Gasteiger partial charge in [0.1, 0.15) is 0 Å². The fourth-order valence-corrected chi connectivity index (χ4v) is 1.72. The second kappa shape index (κ2) is 6.63. The first-order valence-electron chi connectivity index (χ1n) is 5.80. The third-order valence-corrected chi connectivity index (χ3v) is 2.64. The minimum absolute atomic E-state index is 0.301. The van der Waals surface area contributed by atoms with Gasteiger partial charge in [-0.25, -0.2) is 0 Å². The molecule has 0 aromatic carbocycles. The lowest BCUT2D eigenvalue weighted by molar-refractivity contribution is -0.128. The van der Waals surface area contributed by atoms with Crippen molar-refractivity contribution in [2.24, 2.45) is 0 Å². The Morgan fingerprint density at radius 2 is 2.07 bits per heavy atom. The number of nitrogens with zero attached hydrogens (tertiary/aromatic N) is 1. The zero-order valence-corrected chi connectivity index (χ0v) is 9.17. The van der Waals surface area contributed by atoms with Gasteiger partial charge in [0, 0.05) is 19.2 Å². The van der Waals surface area contributed by atoms with Crippen LogP contribution in [-0.4, -0.2) is 17.4 Å². The maximum Gasteiger partial charge on any atom is 0.226 e. The van der Waals surface area contributed by atoms with Gasteiger partial charge in [-0.15, -0.1) is 0 Å². The smallest absolute Gasteiger partial charge is 0.226 e. The summed E-state index contributed by atoms with van der Waals surface area (Å²) in [6.45, 7) is 3.11. The van der Waals surface area contributed by atoms with Gasteiger partial charge in [-0.3, -0.25) is 4.79 Å². The molecule has 0 radical (unpaired) electrons. The van der Waals surface area contributed by atoms with Crippen LogP contribution in [-0.2, 0) is 4.79 Å². The molecule has 1 aliphatic heterocycles. The lowest BCUT2D eigenvalue weighted by Gasteiger charge is -2.12. The van der Waals surface area contributed by atoms with E-state index in [0.717, 1.165) is 25.8 Å². The van der Waals surface area contributed by atoms with Crippen molar-refractivity contribution in [2.45, 2.75) is 51.9 Å². The van der Waals surface area contributed by atoms with Gasteiger partial charge in [-0.1, -0.05) is 38.7 Å². The van der Waals surface area contributed by atoms with E-state index in [2.05, 4.69) is 13.0 Å². The number of unbranched alkanes of at least 4 members (excludes halogenated alkanes) is 4. The van der Waals surface area contributed by atoms with E-state index in [1.165, 1.54) is 25.7 Å². The zero-order valence-electron chi connectivity index (χ0n) is 9.17. The molecular weight excluding hydrogens is 174 g/mol.